The van der Waals surface area contributed by atoms with E-state index in [4.69, 9.17) is 15.3 Å². The number of phenolic OH excluding ortho intramolecular Hbond substituents is 1. The SMILES string of the molecule is O.O.O=C(O)c1cc(O)ccc1O.[NaH]. The zero-order valence-corrected chi connectivity index (χ0v) is 6.48. The van der Waals surface area contributed by atoms with Crippen LogP contribution in [0.25, 0.3) is 0 Å². The molecule has 1 aromatic carbocycles. The molecule has 6 nitrogen and oxygen atoms in total. The topological polar surface area (TPSA) is 141 Å². The van der Waals surface area contributed by atoms with Crippen LogP contribution in [0.5, 0.6) is 11.5 Å². The molecule has 76 valence electrons. The molecule has 1 aromatic rings. The Morgan fingerprint density at radius 2 is 1.64 bits per heavy atom. The molecule has 0 atom stereocenters. The maximum absolute atomic E-state index is 10.3. The van der Waals surface area contributed by atoms with E-state index in [1.165, 1.54) is 6.07 Å². The predicted octanol–water partition coefficient (Wildman–Crippen LogP) is -1.50. The van der Waals surface area contributed by atoms with Gasteiger partial charge in [0.25, 0.3) is 0 Å². The van der Waals surface area contributed by atoms with Crippen molar-refractivity contribution >= 4 is 35.5 Å². The summed E-state index contributed by atoms with van der Waals surface area (Å²) >= 11 is 0. The van der Waals surface area contributed by atoms with Crippen LogP contribution in [0.4, 0.5) is 0 Å². The van der Waals surface area contributed by atoms with Crippen molar-refractivity contribution in [2.45, 2.75) is 0 Å². The molecule has 0 aromatic heterocycles. The zero-order chi connectivity index (χ0) is 8.43. The number of phenols is 2. The summed E-state index contributed by atoms with van der Waals surface area (Å²) in [5, 5.41) is 26.1. The molecule has 0 saturated heterocycles. The maximum atomic E-state index is 10.3. The number of aromatic carboxylic acids is 1. The van der Waals surface area contributed by atoms with Gasteiger partial charge < -0.3 is 26.3 Å². The first-order valence-electron chi connectivity index (χ1n) is 2.86. The van der Waals surface area contributed by atoms with E-state index >= 15 is 0 Å². The second kappa shape index (κ2) is 7.60. The van der Waals surface area contributed by atoms with Crippen molar-refractivity contribution in [1.82, 2.24) is 0 Å². The summed E-state index contributed by atoms with van der Waals surface area (Å²) in [6, 6.07) is 3.32. The summed E-state index contributed by atoms with van der Waals surface area (Å²) in [5.74, 6) is -1.80. The van der Waals surface area contributed by atoms with Crippen LogP contribution in [0.3, 0.4) is 0 Å². The first-order chi connectivity index (χ1) is 5.11. The van der Waals surface area contributed by atoms with Crippen molar-refractivity contribution in [2.75, 3.05) is 0 Å². The van der Waals surface area contributed by atoms with Gasteiger partial charge in [-0.3, -0.25) is 0 Å². The summed E-state index contributed by atoms with van der Waals surface area (Å²) in [5.41, 5.74) is -0.301. The van der Waals surface area contributed by atoms with Crippen molar-refractivity contribution < 1.29 is 31.1 Å². The number of carboxylic acids is 1. The molecule has 0 aliphatic carbocycles. The Hall–Kier alpha value is -0.790. The van der Waals surface area contributed by atoms with Crippen LogP contribution in [0, 0.1) is 0 Å². The molecule has 0 fully saturated rings. The van der Waals surface area contributed by atoms with Crippen LogP contribution in [-0.2, 0) is 0 Å². The Labute approximate surface area is 102 Å². The van der Waals surface area contributed by atoms with Gasteiger partial charge in [0.1, 0.15) is 17.1 Å². The third-order valence-corrected chi connectivity index (χ3v) is 1.21. The number of carbonyl (C=O) groups is 1. The normalized spacial score (nSPS) is 7.43. The van der Waals surface area contributed by atoms with Gasteiger partial charge in [0.2, 0.25) is 0 Å². The van der Waals surface area contributed by atoms with E-state index in [2.05, 4.69) is 0 Å². The van der Waals surface area contributed by atoms with Crippen LogP contribution in [-0.4, -0.2) is 61.8 Å². The molecule has 0 radical (unpaired) electrons. The van der Waals surface area contributed by atoms with Crippen molar-refractivity contribution in [3.63, 3.8) is 0 Å². The fourth-order valence-electron chi connectivity index (χ4n) is 0.695. The van der Waals surface area contributed by atoms with Crippen molar-refractivity contribution in [3.8, 4) is 11.5 Å². The third-order valence-electron chi connectivity index (χ3n) is 1.21. The minimum absolute atomic E-state index is 0. The molecule has 7 N–H and O–H groups in total. The third kappa shape index (κ3) is 4.45. The second-order valence-corrected chi connectivity index (χ2v) is 2.01. The summed E-state index contributed by atoms with van der Waals surface area (Å²) in [6.07, 6.45) is 0. The molecular weight excluding hydrogens is 203 g/mol. The van der Waals surface area contributed by atoms with Gasteiger partial charge in [-0.1, -0.05) is 0 Å². The number of rotatable bonds is 1. The first-order valence-corrected chi connectivity index (χ1v) is 2.86. The Balaban J connectivity index is -0.000000403. The first kappa shape index (κ1) is 18.9. The molecule has 14 heavy (non-hydrogen) atoms. The van der Waals surface area contributed by atoms with Gasteiger partial charge in [0.05, 0.1) is 0 Å². The Bertz CT molecular complexity index is 300. The van der Waals surface area contributed by atoms with Gasteiger partial charge in [-0.05, 0) is 18.2 Å². The Kier molecular flexibility index (Phi) is 10.3. The number of aromatic hydroxyl groups is 2. The minimum atomic E-state index is -1.27. The molecule has 0 amide bonds. The Morgan fingerprint density at radius 1 is 1.14 bits per heavy atom. The van der Waals surface area contributed by atoms with Gasteiger partial charge in [-0.15, -0.1) is 0 Å². The molecule has 0 spiro atoms. The molecule has 7 heteroatoms. The van der Waals surface area contributed by atoms with Crippen LogP contribution < -0.4 is 0 Å². The molecule has 0 saturated carbocycles. The van der Waals surface area contributed by atoms with Gasteiger partial charge in [-0.25, -0.2) is 4.79 Å². The molecule has 1 rings (SSSR count). The van der Waals surface area contributed by atoms with E-state index < -0.39 is 5.97 Å². The molecular formula is C7H11NaO6. The predicted molar refractivity (Wildman–Crippen MR) is 51.1 cm³/mol. The van der Waals surface area contributed by atoms with Crippen molar-refractivity contribution in [2.24, 2.45) is 0 Å². The number of benzene rings is 1. The van der Waals surface area contributed by atoms with E-state index in [9.17, 15) is 4.79 Å². The van der Waals surface area contributed by atoms with Crippen molar-refractivity contribution in [1.29, 1.82) is 0 Å². The van der Waals surface area contributed by atoms with Crippen LogP contribution in [0.2, 0.25) is 0 Å². The molecule has 0 bridgehead atoms. The molecule has 0 aliphatic heterocycles. The molecule has 0 unspecified atom stereocenters. The standard InChI is InChI=1S/C7H6O4.Na.2H2O.H/c8-4-1-2-6(9)5(3-4)7(10)11;;;;/h1-3,8-9H,(H,10,11);;2*1H2;. The summed E-state index contributed by atoms with van der Waals surface area (Å²) in [4.78, 5) is 10.3. The summed E-state index contributed by atoms with van der Waals surface area (Å²) in [7, 11) is 0. The summed E-state index contributed by atoms with van der Waals surface area (Å²) < 4.78 is 0. The van der Waals surface area contributed by atoms with Gasteiger partial charge in [0, 0.05) is 0 Å². The number of carboxylic acid groups (broad SMARTS) is 1. The van der Waals surface area contributed by atoms with Crippen molar-refractivity contribution in [3.05, 3.63) is 23.8 Å². The van der Waals surface area contributed by atoms with Gasteiger partial charge in [-0.2, -0.15) is 0 Å². The van der Waals surface area contributed by atoms with E-state index in [0.717, 1.165) is 12.1 Å². The summed E-state index contributed by atoms with van der Waals surface area (Å²) in [6.45, 7) is 0. The van der Waals surface area contributed by atoms with Gasteiger partial charge in [0.15, 0.2) is 0 Å². The van der Waals surface area contributed by atoms with E-state index in [-0.39, 0.29) is 57.6 Å². The van der Waals surface area contributed by atoms with Gasteiger partial charge >= 0.3 is 35.5 Å². The van der Waals surface area contributed by atoms with Crippen LogP contribution >= 0.6 is 0 Å². The second-order valence-electron chi connectivity index (χ2n) is 2.01. The fraction of sp³-hybridized carbons (Fsp3) is 0. The average molecular weight is 214 g/mol. The average Bonchev–Trinajstić information content (AvgIpc) is 1.94. The molecule has 0 aliphatic rings. The van der Waals surface area contributed by atoms with E-state index in [1.54, 1.807) is 0 Å². The quantitative estimate of drug-likeness (QED) is 0.386. The van der Waals surface area contributed by atoms with E-state index in [1.807, 2.05) is 0 Å². The van der Waals surface area contributed by atoms with Crippen LogP contribution in [0.15, 0.2) is 18.2 Å². The van der Waals surface area contributed by atoms with E-state index in [0.29, 0.717) is 0 Å². The fourth-order valence-corrected chi connectivity index (χ4v) is 0.695. The zero-order valence-electron chi connectivity index (χ0n) is 6.48. The van der Waals surface area contributed by atoms with Crippen LogP contribution in [0.1, 0.15) is 10.4 Å². The number of hydrogen-bond donors (Lipinski definition) is 3. The molecule has 0 heterocycles. The monoisotopic (exact) mass is 214 g/mol. The Morgan fingerprint density at radius 3 is 2.00 bits per heavy atom. The number of hydrogen-bond acceptors (Lipinski definition) is 3.